The summed E-state index contributed by atoms with van der Waals surface area (Å²) in [5, 5.41) is 15.3. The van der Waals surface area contributed by atoms with Crippen LogP contribution in [-0.2, 0) is 0 Å². The average molecular weight is 572 g/mol. The summed E-state index contributed by atoms with van der Waals surface area (Å²) in [5.74, 6) is 1.98. The van der Waals surface area contributed by atoms with Crippen LogP contribution in [-0.4, -0.2) is 25.8 Å². The SMILES string of the molecule is CC.Cc1ccc(-n2nc(C)cc2NC(=O)Nc2ccc(Oc3ccnc(Nc4ccccc4)n3)c3ccccc23)cc1. The third-order valence-electron chi connectivity index (χ3n) is 6.36. The first-order chi connectivity index (χ1) is 21.0. The summed E-state index contributed by atoms with van der Waals surface area (Å²) < 4.78 is 7.88. The summed E-state index contributed by atoms with van der Waals surface area (Å²) in [6, 6.07) is 32.1. The minimum Gasteiger partial charge on any atom is -0.438 e. The fraction of sp³-hybridized carbons (Fsp3) is 0.118. The Bertz CT molecular complexity index is 1830. The van der Waals surface area contributed by atoms with Gasteiger partial charge in [-0.15, -0.1) is 0 Å². The minimum absolute atomic E-state index is 0.385. The lowest BCUT2D eigenvalue weighted by Crippen LogP contribution is -2.21. The molecule has 2 amide bonds. The van der Waals surface area contributed by atoms with E-state index in [1.807, 2.05) is 125 Å². The zero-order valence-corrected chi connectivity index (χ0v) is 24.5. The van der Waals surface area contributed by atoms with Crippen LogP contribution in [0.5, 0.6) is 11.6 Å². The number of nitrogens with one attached hydrogen (secondary N) is 3. The first kappa shape index (κ1) is 28.8. The number of anilines is 4. The van der Waals surface area contributed by atoms with Crippen molar-refractivity contribution in [3.05, 3.63) is 121 Å². The van der Waals surface area contributed by atoms with Gasteiger partial charge in [-0.2, -0.15) is 10.1 Å². The Hall–Kier alpha value is -5.70. The van der Waals surface area contributed by atoms with Crippen molar-refractivity contribution in [3.8, 4) is 17.3 Å². The number of hydrogen-bond acceptors (Lipinski definition) is 6. The number of aryl methyl sites for hydroxylation is 2. The summed E-state index contributed by atoms with van der Waals surface area (Å²) in [6.45, 7) is 7.91. The quantitative estimate of drug-likeness (QED) is 0.177. The molecule has 6 rings (SSSR count). The summed E-state index contributed by atoms with van der Waals surface area (Å²) in [5.41, 5.74) is 4.31. The fourth-order valence-electron chi connectivity index (χ4n) is 4.43. The standard InChI is InChI=1S/C32H27N7O2.C2H6/c1-21-12-14-24(15-13-21)39-29(20-22(2)38-39)36-32(40)35-27-16-17-28(26-11-7-6-10-25(26)27)41-30-18-19-33-31(37-30)34-23-8-4-3-5-9-23;1-2/h3-20H,1-2H3,(H,33,34,37)(H2,35,36,40);1-2H3. The van der Waals surface area contributed by atoms with Gasteiger partial charge in [0, 0.05) is 34.8 Å². The van der Waals surface area contributed by atoms with Crippen molar-refractivity contribution in [3.63, 3.8) is 0 Å². The van der Waals surface area contributed by atoms with Crippen molar-refractivity contribution in [2.75, 3.05) is 16.0 Å². The minimum atomic E-state index is -0.385. The molecule has 4 aromatic carbocycles. The van der Waals surface area contributed by atoms with E-state index in [2.05, 4.69) is 31.0 Å². The molecule has 0 radical (unpaired) electrons. The lowest BCUT2D eigenvalue weighted by atomic mass is 10.1. The summed E-state index contributed by atoms with van der Waals surface area (Å²) in [4.78, 5) is 21.9. The number of hydrogen-bond donors (Lipinski definition) is 3. The van der Waals surface area contributed by atoms with E-state index in [4.69, 9.17) is 4.74 Å². The number of urea groups is 1. The zero-order chi connectivity index (χ0) is 30.2. The van der Waals surface area contributed by atoms with Gasteiger partial charge in [-0.3, -0.25) is 5.32 Å². The molecule has 0 fully saturated rings. The molecule has 9 nitrogen and oxygen atoms in total. The smallest absolute Gasteiger partial charge is 0.324 e. The molecule has 2 heterocycles. The highest BCUT2D eigenvalue weighted by Gasteiger charge is 2.14. The number of para-hydroxylation sites is 1. The molecule has 3 N–H and O–H groups in total. The average Bonchev–Trinajstić information content (AvgIpc) is 3.39. The molecule has 0 aliphatic rings. The fourth-order valence-corrected chi connectivity index (χ4v) is 4.43. The van der Waals surface area contributed by atoms with Gasteiger partial charge in [0.25, 0.3) is 0 Å². The van der Waals surface area contributed by atoms with Crippen LogP contribution < -0.4 is 20.7 Å². The highest BCUT2D eigenvalue weighted by atomic mass is 16.5. The zero-order valence-electron chi connectivity index (χ0n) is 24.5. The van der Waals surface area contributed by atoms with Crippen molar-refractivity contribution in [1.29, 1.82) is 0 Å². The molecular weight excluding hydrogens is 538 g/mol. The molecule has 2 aromatic heterocycles. The number of carbonyl (C=O) groups excluding carboxylic acids is 1. The Balaban J connectivity index is 0.00000180. The maximum Gasteiger partial charge on any atom is 0.324 e. The largest absolute Gasteiger partial charge is 0.438 e. The Kier molecular flexibility index (Phi) is 8.92. The van der Waals surface area contributed by atoms with Gasteiger partial charge >= 0.3 is 6.03 Å². The van der Waals surface area contributed by atoms with Crippen LogP contribution in [0.2, 0.25) is 0 Å². The second-order valence-corrected chi connectivity index (χ2v) is 9.47. The van der Waals surface area contributed by atoms with Crippen LogP contribution in [0.1, 0.15) is 25.1 Å². The second kappa shape index (κ2) is 13.3. The van der Waals surface area contributed by atoms with Gasteiger partial charge in [-0.1, -0.05) is 74.0 Å². The summed E-state index contributed by atoms with van der Waals surface area (Å²) in [6.07, 6.45) is 1.64. The number of benzene rings is 4. The lowest BCUT2D eigenvalue weighted by Gasteiger charge is -2.14. The molecule has 0 atom stereocenters. The van der Waals surface area contributed by atoms with Crippen molar-refractivity contribution in [1.82, 2.24) is 19.7 Å². The van der Waals surface area contributed by atoms with Crippen LogP contribution in [0, 0.1) is 13.8 Å². The number of fused-ring (bicyclic) bond motifs is 1. The van der Waals surface area contributed by atoms with E-state index in [1.165, 1.54) is 0 Å². The third-order valence-corrected chi connectivity index (χ3v) is 6.36. The van der Waals surface area contributed by atoms with Crippen LogP contribution in [0.15, 0.2) is 109 Å². The van der Waals surface area contributed by atoms with E-state index in [0.29, 0.717) is 29.1 Å². The highest BCUT2D eigenvalue weighted by Crippen LogP contribution is 2.34. The monoisotopic (exact) mass is 571 g/mol. The third kappa shape index (κ3) is 6.97. The number of nitrogens with zero attached hydrogens (tertiary/aromatic N) is 4. The number of ether oxygens (including phenoxy) is 1. The van der Waals surface area contributed by atoms with Crippen LogP contribution >= 0.6 is 0 Å². The molecule has 216 valence electrons. The Morgan fingerprint density at radius 3 is 2.28 bits per heavy atom. The summed E-state index contributed by atoms with van der Waals surface area (Å²) >= 11 is 0. The number of rotatable bonds is 7. The van der Waals surface area contributed by atoms with Gasteiger partial charge in [-0.25, -0.2) is 14.5 Å². The van der Waals surface area contributed by atoms with E-state index in [1.54, 1.807) is 16.9 Å². The van der Waals surface area contributed by atoms with E-state index >= 15 is 0 Å². The first-order valence-electron chi connectivity index (χ1n) is 14.1. The predicted octanol–water partition coefficient (Wildman–Crippen LogP) is 8.64. The number of amides is 2. The van der Waals surface area contributed by atoms with Crippen LogP contribution in [0.25, 0.3) is 16.5 Å². The van der Waals surface area contributed by atoms with E-state index in [0.717, 1.165) is 33.4 Å². The summed E-state index contributed by atoms with van der Waals surface area (Å²) in [7, 11) is 0. The van der Waals surface area contributed by atoms with Crippen LogP contribution in [0.3, 0.4) is 0 Å². The topological polar surface area (TPSA) is 106 Å². The first-order valence-corrected chi connectivity index (χ1v) is 14.1. The van der Waals surface area contributed by atoms with Crippen LogP contribution in [0.4, 0.5) is 27.9 Å². The Labute approximate surface area is 250 Å². The van der Waals surface area contributed by atoms with Gasteiger partial charge in [-0.05, 0) is 50.2 Å². The van der Waals surface area contributed by atoms with Gasteiger partial charge in [0.2, 0.25) is 11.8 Å². The maximum atomic E-state index is 13.1. The Morgan fingerprint density at radius 1 is 0.791 bits per heavy atom. The van der Waals surface area contributed by atoms with Crippen molar-refractivity contribution < 1.29 is 9.53 Å². The van der Waals surface area contributed by atoms with Gasteiger partial charge in [0.05, 0.1) is 17.1 Å². The molecule has 0 bridgehead atoms. The predicted molar refractivity (Wildman–Crippen MR) is 173 cm³/mol. The molecule has 0 aliphatic carbocycles. The van der Waals surface area contributed by atoms with Crippen molar-refractivity contribution in [2.45, 2.75) is 27.7 Å². The van der Waals surface area contributed by atoms with Gasteiger partial charge in [0.15, 0.2) is 0 Å². The second-order valence-electron chi connectivity index (χ2n) is 9.47. The molecule has 0 saturated heterocycles. The lowest BCUT2D eigenvalue weighted by molar-refractivity contribution is 0.262. The van der Waals surface area contributed by atoms with E-state index in [9.17, 15) is 4.79 Å². The van der Waals surface area contributed by atoms with E-state index < -0.39 is 0 Å². The maximum absolute atomic E-state index is 13.1. The Morgan fingerprint density at radius 2 is 1.51 bits per heavy atom. The molecule has 0 aliphatic heterocycles. The van der Waals surface area contributed by atoms with Gasteiger partial charge < -0.3 is 15.4 Å². The molecule has 0 saturated carbocycles. The molecule has 6 aromatic rings. The van der Waals surface area contributed by atoms with Crippen molar-refractivity contribution >= 4 is 39.9 Å². The molecule has 9 heteroatoms. The normalized spacial score (nSPS) is 10.4. The number of aromatic nitrogens is 4. The molecule has 0 spiro atoms. The molecule has 43 heavy (non-hydrogen) atoms. The van der Waals surface area contributed by atoms with Gasteiger partial charge in [0.1, 0.15) is 11.6 Å². The van der Waals surface area contributed by atoms with Crippen molar-refractivity contribution in [2.24, 2.45) is 0 Å². The van der Waals surface area contributed by atoms with E-state index in [-0.39, 0.29) is 6.03 Å². The molecular formula is C34H33N7O2. The highest BCUT2D eigenvalue weighted by molar-refractivity contribution is 6.07. The molecule has 0 unspecified atom stereocenters. The number of carbonyl (C=O) groups is 1.